The molecule has 102 valence electrons. The van der Waals surface area contributed by atoms with Gasteiger partial charge in [0, 0.05) is 0 Å². The van der Waals surface area contributed by atoms with Crippen LogP contribution in [0, 0.1) is 0 Å². The highest BCUT2D eigenvalue weighted by Crippen LogP contribution is 2.22. The third-order valence-corrected chi connectivity index (χ3v) is 2.15. The van der Waals surface area contributed by atoms with Crippen LogP contribution in [0.5, 0.6) is 11.8 Å². The molecule has 2 aromatic heterocycles. The number of hydrazine groups is 1. The number of aromatic nitrogens is 4. The lowest BCUT2D eigenvalue weighted by Crippen LogP contribution is -2.12. The minimum Gasteiger partial charge on any atom is -0.470 e. The number of hydrogen-bond acceptors (Lipinski definition) is 11. The molecule has 0 aromatic carbocycles. The minimum absolute atomic E-state index is 0.203. The summed E-state index contributed by atoms with van der Waals surface area (Å²) in [6.45, 7) is 1.39. The summed E-state index contributed by atoms with van der Waals surface area (Å²) >= 11 is 0. The monoisotopic (exact) mass is 270 g/mol. The van der Waals surface area contributed by atoms with Crippen LogP contribution in [-0.4, -0.2) is 47.1 Å². The van der Waals surface area contributed by atoms with Gasteiger partial charge in [0.2, 0.25) is 0 Å². The normalized spacial score (nSPS) is 16.0. The molecule has 2 aromatic rings. The molecule has 0 aliphatic carbocycles. The lowest BCUT2D eigenvalue weighted by atomic mass is 10.6. The Hall–Kier alpha value is -2.56. The molecule has 1 aliphatic heterocycles. The Morgan fingerprint density at radius 3 is 1.74 bits per heavy atom. The van der Waals surface area contributed by atoms with E-state index in [9.17, 15) is 0 Å². The second-order valence-corrected chi connectivity index (χ2v) is 3.40. The standard InChI is InChI=1S/C8H10N6O5/c1-3-16-7-5(11-18-13-7)9-10-6-8(14-19-12-6)17-4-2-15-1/h1-4H2,(H,9,11)(H,10,12). The van der Waals surface area contributed by atoms with E-state index in [-0.39, 0.29) is 23.4 Å². The van der Waals surface area contributed by atoms with Gasteiger partial charge in [0.05, 0.1) is 13.2 Å². The van der Waals surface area contributed by atoms with Crippen LogP contribution >= 0.6 is 0 Å². The van der Waals surface area contributed by atoms with Crippen molar-refractivity contribution in [2.75, 3.05) is 37.3 Å². The summed E-state index contributed by atoms with van der Waals surface area (Å²) in [6, 6.07) is 0. The minimum atomic E-state index is 0.203. The average molecular weight is 270 g/mol. The zero-order chi connectivity index (χ0) is 12.9. The predicted octanol–water partition coefficient (Wildman–Crippen LogP) is -0.321. The first-order valence-electron chi connectivity index (χ1n) is 5.44. The second kappa shape index (κ2) is 5.39. The highest BCUT2D eigenvalue weighted by molar-refractivity contribution is 5.52. The van der Waals surface area contributed by atoms with Crippen molar-refractivity contribution in [3.05, 3.63) is 0 Å². The third kappa shape index (κ3) is 2.65. The number of nitrogens with one attached hydrogen (secondary N) is 2. The molecule has 11 nitrogen and oxygen atoms in total. The summed E-state index contributed by atoms with van der Waals surface area (Å²) in [4.78, 5) is 0. The third-order valence-electron chi connectivity index (χ3n) is 2.15. The fourth-order valence-corrected chi connectivity index (χ4v) is 1.32. The Morgan fingerprint density at radius 2 is 1.21 bits per heavy atom. The van der Waals surface area contributed by atoms with Crippen molar-refractivity contribution in [3.63, 3.8) is 0 Å². The molecule has 2 N–H and O–H groups in total. The van der Waals surface area contributed by atoms with Crippen molar-refractivity contribution in [1.82, 2.24) is 20.6 Å². The van der Waals surface area contributed by atoms with Crippen molar-refractivity contribution >= 4 is 11.6 Å². The average Bonchev–Trinajstić information content (AvgIpc) is 3.03. The first-order valence-corrected chi connectivity index (χ1v) is 5.44. The molecule has 3 heterocycles. The van der Waals surface area contributed by atoms with Gasteiger partial charge in [0.1, 0.15) is 13.2 Å². The molecule has 19 heavy (non-hydrogen) atoms. The fraction of sp³-hybridized carbons (Fsp3) is 0.500. The zero-order valence-electron chi connectivity index (χ0n) is 9.66. The first-order chi connectivity index (χ1) is 9.43. The Bertz CT molecular complexity index is 481. The molecular weight excluding hydrogens is 260 g/mol. The van der Waals surface area contributed by atoms with Gasteiger partial charge < -0.3 is 14.2 Å². The van der Waals surface area contributed by atoms with Crippen LogP contribution in [0.2, 0.25) is 0 Å². The summed E-state index contributed by atoms with van der Waals surface area (Å²) in [7, 11) is 0. The Kier molecular flexibility index (Phi) is 3.27. The molecule has 0 saturated carbocycles. The SMILES string of the molecule is C1COc2nonc2NNc2nonc2OCCO1. The van der Waals surface area contributed by atoms with Gasteiger partial charge in [0.25, 0.3) is 11.6 Å². The van der Waals surface area contributed by atoms with Gasteiger partial charge in [-0.1, -0.05) is 0 Å². The van der Waals surface area contributed by atoms with E-state index >= 15 is 0 Å². The number of rotatable bonds is 0. The lowest BCUT2D eigenvalue weighted by molar-refractivity contribution is 0.0724. The van der Waals surface area contributed by atoms with Crippen LogP contribution in [0.25, 0.3) is 0 Å². The van der Waals surface area contributed by atoms with Crippen molar-refractivity contribution in [2.24, 2.45) is 0 Å². The van der Waals surface area contributed by atoms with Crippen molar-refractivity contribution in [1.29, 1.82) is 0 Å². The molecule has 3 rings (SSSR count). The van der Waals surface area contributed by atoms with Gasteiger partial charge in [-0.25, -0.2) is 9.26 Å². The zero-order valence-corrected chi connectivity index (χ0v) is 9.66. The predicted molar refractivity (Wildman–Crippen MR) is 57.7 cm³/mol. The maximum atomic E-state index is 5.32. The molecule has 0 unspecified atom stereocenters. The number of hydrogen-bond donors (Lipinski definition) is 2. The van der Waals surface area contributed by atoms with E-state index in [2.05, 4.69) is 40.7 Å². The maximum absolute atomic E-state index is 5.32. The first kappa shape index (κ1) is 11.5. The van der Waals surface area contributed by atoms with Gasteiger partial charge >= 0.3 is 11.8 Å². The molecule has 1 aliphatic rings. The van der Waals surface area contributed by atoms with E-state index in [0.29, 0.717) is 26.4 Å². The largest absolute Gasteiger partial charge is 0.470 e. The summed E-state index contributed by atoms with van der Waals surface area (Å²) < 4.78 is 25.0. The van der Waals surface area contributed by atoms with Crippen LogP contribution in [0.15, 0.2) is 9.26 Å². The fourth-order valence-electron chi connectivity index (χ4n) is 1.32. The molecule has 0 fully saturated rings. The summed E-state index contributed by atoms with van der Waals surface area (Å²) in [5, 5.41) is 14.4. The molecule has 0 spiro atoms. The van der Waals surface area contributed by atoms with Crippen molar-refractivity contribution in [2.45, 2.75) is 0 Å². The van der Waals surface area contributed by atoms with Crippen molar-refractivity contribution in [3.8, 4) is 11.8 Å². The lowest BCUT2D eigenvalue weighted by Gasteiger charge is -2.04. The maximum Gasteiger partial charge on any atom is 0.302 e. The molecule has 0 atom stereocenters. The number of nitrogens with zero attached hydrogens (tertiary/aromatic N) is 4. The summed E-state index contributed by atoms with van der Waals surface area (Å²) in [5.41, 5.74) is 5.40. The molecule has 11 heteroatoms. The summed E-state index contributed by atoms with van der Waals surface area (Å²) in [6.07, 6.45) is 0. The number of fused-ring (bicyclic) bond motifs is 2. The quantitative estimate of drug-likeness (QED) is 0.652. The van der Waals surface area contributed by atoms with Crippen LogP contribution < -0.4 is 20.3 Å². The van der Waals surface area contributed by atoms with E-state index in [1.807, 2.05) is 0 Å². The molecule has 0 bridgehead atoms. The molecule has 0 saturated heterocycles. The summed E-state index contributed by atoms with van der Waals surface area (Å²) in [5.74, 6) is 0.921. The van der Waals surface area contributed by atoms with Crippen LogP contribution in [0.3, 0.4) is 0 Å². The molecular formula is C8H10N6O5. The van der Waals surface area contributed by atoms with Gasteiger partial charge in [-0.15, -0.1) is 0 Å². The second-order valence-electron chi connectivity index (χ2n) is 3.40. The van der Waals surface area contributed by atoms with Gasteiger partial charge in [0.15, 0.2) is 0 Å². The highest BCUT2D eigenvalue weighted by Gasteiger charge is 2.15. The van der Waals surface area contributed by atoms with E-state index in [1.165, 1.54) is 0 Å². The molecule has 0 radical (unpaired) electrons. The topological polar surface area (TPSA) is 130 Å². The van der Waals surface area contributed by atoms with Gasteiger partial charge in [-0.2, -0.15) is 0 Å². The van der Waals surface area contributed by atoms with E-state index < -0.39 is 0 Å². The van der Waals surface area contributed by atoms with E-state index in [4.69, 9.17) is 14.2 Å². The number of ether oxygens (including phenoxy) is 3. The molecule has 0 amide bonds. The smallest absolute Gasteiger partial charge is 0.302 e. The van der Waals surface area contributed by atoms with Crippen LogP contribution in [0.4, 0.5) is 11.6 Å². The van der Waals surface area contributed by atoms with E-state index in [0.717, 1.165) is 0 Å². The van der Waals surface area contributed by atoms with Crippen LogP contribution in [-0.2, 0) is 4.74 Å². The Labute approximate surface area is 106 Å². The number of anilines is 2. The van der Waals surface area contributed by atoms with Gasteiger partial charge in [-0.3, -0.25) is 10.9 Å². The highest BCUT2D eigenvalue weighted by atomic mass is 16.6. The van der Waals surface area contributed by atoms with E-state index in [1.54, 1.807) is 0 Å². The Balaban J connectivity index is 1.76. The van der Waals surface area contributed by atoms with Crippen molar-refractivity contribution < 1.29 is 23.5 Å². The van der Waals surface area contributed by atoms with Gasteiger partial charge in [-0.05, 0) is 20.6 Å². The van der Waals surface area contributed by atoms with Crippen LogP contribution in [0.1, 0.15) is 0 Å². The Morgan fingerprint density at radius 1 is 0.684 bits per heavy atom.